The maximum absolute atomic E-state index is 12.6. The first-order valence-corrected chi connectivity index (χ1v) is 5.55. The molecule has 18 heavy (non-hydrogen) atoms. The lowest BCUT2D eigenvalue weighted by atomic mass is 9.89. The number of nitrogens with one attached hydrogen (secondary N) is 1. The molecule has 1 aromatic carbocycles. The van der Waals surface area contributed by atoms with E-state index in [1.165, 1.54) is 13.0 Å². The molecule has 0 fully saturated rings. The molecule has 0 aliphatic heterocycles. The van der Waals surface area contributed by atoms with E-state index in [-0.39, 0.29) is 12.2 Å². The maximum Gasteiger partial charge on any atom is 0.416 e. The molecule has 5 heteroatoms. The van der Waals surface area contributed by atoms with Crippen molar-refractivity contribution in [2.45, 2.75) is 32.0 Å². The fraction of sp³-hybridized carbons (Fsp3) is 0.462. The zero-order valence-corrected chi connectivity index (χ0v) is 10.6. The van der Waals surface area contributed by atoms with E-state index in [2.05, 4.69) is 5.32 Å². The summed E-state index contributed by atoms with van der Waals surface area (Å²) in [7, 11) is 1.62. The Labute approximate surface area is 104 Å². The Morgan fingerprint density at radius 2 is 1.94 bits per heavy atom. The average Bonchev–Trinajstić information content (AvgIpc) is 2.28. The van der Waals surface area contributed by atoms with E-state index in [0.29, 0.717) is 5.56 Å². The van der Waals surface area contributed by atoms with Gasteiger partial charge in [0, 0.05) is 0 Å². The Hall–Kier alpha value is -1.36. The lowest BCUT2D eigenvalue weighted by Gasteiger charge is -2.26. The van der Waals surface area contributed by atoms with E-state index in [0.717, 1.165) is 12.1 Å². The van der Waals surface area contributed by atoms with Crippen molar-refractivity contribution in [3.8, 4) is 0 Å². The molecule has 1 N–H and O–H groups in total. The zero-order valence-electron chi connectivity index (χ0n) is 10.6. The molecule has 0 radical (unpaired) electrons. The summed E-state index contributed by atoms with van der Waals surface area (Å²) in [6.07, 6.45) is -4.13. The molecule has 2 nitrogen and oxygen atoms in total. The van der Waals surface area contributed by atoms with Gasteiger partial charge < -0.3 is 5.32 Å². The summed E-state index contributed by atoms with van der Waals surface area (Å²) in [5.41, 5.74) is -1.05. The van der Waals surface area contributed by atoms with Crippen LogP contribution in [0.5, 0.6) is 0 Å². The number of hydrogen-bond acceptors (Lipinski definition) is 2. The van der Waals surface area contributed by atoms with Crippen molar-refractivity contribution in [3.05, 3.63) is 35.4 Å². The predicted molar refractivity (Wildman–Crippen MR) is 63.3 cm³/mol. The SMILES string of the molecule is CN[C@](C)(Cc1cccc(C(F)(F)F)c1)C(C)=O. The van der Waals surface area contributed by atoms with Gasteiger partial charge in [0.2, 0.25) is 0 Å². The van der Waals surface area contributed by atoms with E-state index in [1.54, 1.807) is 20.0 Å². The molecule has 0 heterocycles. The third-order valence-electron chi connectivity index (χ3n) is 3.14. The highest BCUT2D eigenvalue weighted by Gasteiger charge is 2.32. The quantitative estimate of drug-likeness (QED) is 0.900. The lowest BCUT2D eigenvalue weighted by Crippen LogP contribution is -2.48. The van der Waals surface area contributed by atoms with Crippen molar-refractivity contribution < 1.29 is 18.0 Å². The number of Topliss-reactive ketones (excluding diaryl/α,β-unsaturated/α-hetero) is 1. The first kappa shape index (κ1) is 14.7. The minimum Gasteiger partial charge on any atom is -0.308 e. The number of alkyl halides is 3. The number of carbonyl (C=O) groups is 1. The van der Waals surface area contributed by atoms with Gasteiger partial charge in [0.1, 0.15) is 5.78 Å². The van der Waals surface area contributed by atoms with Crippen LogP contribution in [0.3, 0.4) is 0 Å². The molecular weight excluding hydrogens is 243 g/mol. The second-order valence-electron chi connectivity index (χ2n) is 4.51. The van der Waals surface area contributed by atoms with E-state index >= 15 is 0 Å². The predicted octanol–water partition coefficient (Wildman–Crippen LogP) is 2.82. The highest BCUT2D eigenvalue weighted by molar-refractivity contribution is 5.86. The minimum atomic E-state index is -4.36. The van der Waals surface area contributed by atoms with Gasteiger partial charge in [-0.25, -0.2) is 0 Å². The Morgan fingerprint density at radius 1 is 1.33 bits per heavy atom. The molecule has 0 unspecified atom stereocenters. The van der Waals surface area contributed by atoms with E-state index in [9.17, 15) is 18.0 Å². The number of benzene rings is 1. The average molecular weight is 259 g/mol. The summed E-state index contributed by atoms with van der Waals surface area (Å²) >= 11 is 0. The normalized spacial score (nSPS) is 15.2. The highest BCUT2D eigenvalue weighted by Crippen LogP contribution is 2.30. The van der Waals surface area contributed by atoms with Crippen LogP contribution in [0.2, 0.25) is 0 Å². The van der Waals surface area contributed by atoms with Crippen LogP contribution in [0.25, 0.3) is 0 Å². The van der Waals surface area contributed by atoms with Crippen LogP contribution in [0.1, 0.15) is 25.0 Å². The number of rotatable bonds is 4. The van der Waals surface area contributed by atoms with Crippen LogP contribution in [-0.4, -0.2) is 18.4 Å². The molecule has 1 atom stereocenters. The van der Waals surface area contributed by atoms with Gasteiger partial charge in [0.15, 0.2) is 0 Å². The standard InChI is InChI=1S/C13H16F3NO/c1-9(18)12(2,17-3)8-10-5-4-6-11(7-10)13(14,15)16/h4-7,17H,8H2,1-3H3/t12-/m1/s1. The van der Waals surface area contributed by atoms with E-state index in [1.807, 2.05) is 0 Å². The first-order valence-electron chi connectivity index (χ1n) is 5.55. The van der Waals surface area contributed by atoms with Crippen molar-refractivity contribution >= 4 is 5.78 Å². The van der Waals surface area contributed by atoms with Crippen LogP contribution in [0, 0.1) is 0 Å². The number of likely N-dealkylation sites (N-methyl/N-ethyl adjacent to an activating group) is 1. The van der Waals surface area contributed by atoms with Crippen LogP contribution in [0.15, 0.2) is 24.3 Å². The van der Waals surface area contributed by atoms with Crippen LogP contribution in [0.4, 0.5) is 13.2 Å². The number of hydrogen-bond donors (Lipinski definition) is 1. The lowest BCUT2D eigenvalue weighted by molar-refractivity contribution is -0.137. The van der Waals surface area contributed by atoms with Gasteiger partial charge in [-0.05, 0) is 38.9 Å². The summed E-state index contributed by atoms with van der Waals surface area (Å²) in [5, 5.41) is 2.85. The monoisotopic (exact) mass is 259 g/mol. The Morgan fingerprint density at radius 3 is 2.39 bits per heavy atom. The Kier molecular flexibility index (Phi) is 4.16. The number of carbonyl (C=O) groups excluding carboxylic acids is 1. The summed E-state index contributed by atoms with van der Waals surface area (Å²) in [6.45, 7) is 3.10. The minimum absolute atomic E-state index is 0.109. The molecule has 0 aliphatic rings. The topological polar surface area (TPSA) is 29.1 Å². The Bertz CT molecular complexity index is 442. The molecule has 0 amide bonds. The number of ketones is 1. The summed E-state index contributed by atoms with van der Waals surface area (Å²) < 4.78 is 37.7. The molecule has 0 saturated heterocycles. The molecule has 0 bridgehead atoms. The van der Waals surface area contributed by atoms with Gasteiger partial charge in [0.05, 0.1) is 11.1 Å². The van der Waals surface area contributed by atoms with Crippen molar-refractivity contribution in [1.29, 1.82) is 0 Å². The second-order valence-corrected chi connectivity index (χ2v) is 4.51. The van der Waals surface area contributed by atoms with Gasteiger partial charge in [-0.2, -0.15) is 13.2 Å². The molecule has 1 rings (SSSR count). The number of halogens is 3. The van der Waals surface area contributed by atoms with Crippen LogP contribution < -0.4 is 5.32 Å². The van der Waals surface area contributed by atoms with E-state index < -0.39 is 17.3 Å². The van der Waals surface area contributed by atoms with E-state index in [4.69, 9.17) is 0 Å². The van der Waals surface area contributed by atoms with Crippen molar-refractivity contribution in [2.24, 2.45) is 0 Å². The maximum atomic E-state index is 12.6. The largest absolute Gasteiger partial charge is 0.416 e. The molecule has 0 aliphatic carbocycles. The van der Waals surface area contributed by atoms with Crippen LogP contribution >= 0.6 is 0 Å². The van der Waals surface area contributed by atoms with Gasteiger partial charge in [-0.3, -0.25) is 4.79 Å². The second kappa shape index (κ2) is 5.10. The van der Waals surface area contributed by atoms with Gasteiger partial charge in [0.25, 0.3) is 0 Å². The summed E-state index contributed by atoms with van der Waals surface area (Å²) in [4.78, 5) is 11.5. The first-order chi connectivity index (χ1) is 8.19. The summed E-state index contributed by atoms with van der Waals surface area (Å²) in [6, 6.07) is 5.05. The molecule has 0 saturated carbocycles. The smallest absolute Gasteiger partial charge is 0.308 e. The molecular formula is C13H16F3NO. The fourth-order valence-corrected chi connectivity index (χ4v) is 1.65. The summed E-state index contributed by atoms with van der Waals surface area (Å²) in [5.74, 6) is -0.109. The van der Waals surface area contributed by atoms with Crippen molar-refractivity contribution in [3.63, 3.8) is 0 Å². The molecule has 0 aromatic heterocycles. The highest BCUT2D eigenvalue weighted by atomic mass is 19.4. The van der Waals surface area contributed by atoms with Gasteiger partial charge >= 0.3 is 6.18 Å². The van der Waals surface area contributed by atoms with Gasteiger partial charge in [-0.1, -0.05) is 18.2 Å². The van der Waals surface area contributed by atoms with Gasteiger partial charge in [-0.15, -0.1) is 0 Å². The third kappa shape index (κ3) is 3.32. The third-order valence-corrected chi connectivity index (χ3v) is 3.14. The molecule has 1 aromatic rings. The Balaban J connectivity index is 3.02. The van der Waals surface area contributed by atoms with Crippen molar-refractivity contribution in [2.75, 3.05) is 7.05 Å². The molecule has 0 spiro atoms. The molecule has 100 valence electrons. The zero-order chi connectivity index (χ0) is 14.0. The van der Waals surface area contributed by atoms with Crippen molar-refractivity contribution in [1.82, 2.24) is 5.32 Å². The fourth-order valence-electron chi connectivity index (χ4n) is 1.65. The van der Waals surface area contributed by atoms with Crippen LogP contribution in [-0.2, 0) is 17.4 Å².